The Bertz CT molecular complexity index is 2410. The van der Waals surface area contributed by atoms with Crippen molar-refractivity contribution in [2.45, 2.75) is 366 Å². The van der Waals surface area contributed by atoms with Gasteiger partial charge in [-0.2, -0.15) is 0 Å². The van der Waals surface area contributed by atoms with Crippen LogP contribution in [-0.2, 0) is 61.9 Å². The molecule has 4 aliphatic rings. The number of carbonyl (C=O) groups is 5. The molecule has 594 valence electrons. The van der Waals surface area contributed by atoms with Crippen LogP contribution in [0, 0.1) is 0 Å². The zero-order valence-corrected chi connectivity index (χ0v) is 60.1. The lowest BCUT2D eigenvalue weighted by Gasteiger charge is -2.51. The predicted octanol–water partition coefficient (Wildman–Crippen LogP) is 0.339. The Hall–Kier alpha value is -3.79. The Morgan fingerprint density at radius 1 is 0.520 bits per heavy atom. The third-order valence-electron chi connectivity index (χ3n) is 19.5. The molecule has 4 heterocycles. The van der Waals surface area contributed by atoms with E-state index in [0.717, 1.165) is 84.5 Å². The minimum Gasteiger partial charge on any atom is -0.477 e. The average Bonchev–Trinajstić information content (AvgIpc) is 0.755. The van der Waals surface area contributed by atoms with Gasteiger partial charge < -0.3 is 136 Å². The molecule has 24 atom stereocenters. The quantitative estimate of drug-likeness (QED) is 0.0288. The maximum absolute atomic E-state index is 13.6. The lowest BCUT2D eigenvalue weighted by atomic mass is 9.87. The maximum Gasteiger partial charge on any atom is 0.364 e. The highest BCUT2D eigenvalue weighted by Crippen LogP contribution is 2.41. The molecule has 0 spiro atoms. The summed E-state index contributed by atoms with van der Waals surface area (Å²) in [7, 11) is 0. The van der Waals surface area contributed by atoms with Crippen molar-refractivity contribution >= 4 is 29.7 Å². The van der Waals surface area contributed by atoms with Gasteiger partial charge in [-0.3, -0.25) is 14.4 Å². The van der Waals surface area contributed by atoms with Crippen molar-refractivity contribution in [2.75, 3.05) is 33.0 Å². The van der Waals surface area contributed by atoms with Crippen LogP contribution in [0.3, 0.4) is 0 Å². The zero-order chi connectivity index (χ0) is 75.5. The number of aliphatic hydroxyl groups excluding tert-OH is 14. The monoisotopic (exact) mass is 1470 g/mol. The summed E-state index contributed by atoms with van der Waals surface area (Å²) >= 11 is 0. The molecular weight excluding hydrogens is 1350 g/mol. The van der Waals surface area contributed by atoms with Crippen LogP contribution >= 0.6 is 0 Å². The number of allylic oxidation sites excluding steroid dienone is 2. The van der Waals surface area contributed by atoms with E-state index in [9.17, 15) is 106 Å². The molecule has 0 aromatic carbocycles. The van der Waals surface area contributed by atoms with E-state index in [1.54, 1.807) is 0 Å². The molecule has 4 aliphatic heterocycles. The van der Waals surface area contributed by atoms with Gasteiger partial charge in [0.15, 0.2) is 12.6 Å². The molecule has 4 rings (SSSR count). The van der Waals surface area contributed by atoms with Gasteiger partial charge in [-0.05, 0) is 38.5 Å². The molecule has 19 N–H and O–H groups in total. The van der Waals surface area contributed by atoms with Gasteiger partial charge in [-0.15, -0.1) is 0 Å². The molecule has 2 unspecified atom stereocenters. The van der Waals surface area contributed by atoms with Gasteiger partial charge in [-0.25, -0.2) is 9.59 Å². The lowest BCUT2D eigenvalue weighted by molar-refractivity contribution is -0.388. The molecule has 32 heteroatoms. The number of carboxylic acid groups (broad SMARTS) is 2. The third-order valence-corrected chi connectivity index (χ3v) is 19.5. The van der Waals surface area contributed by atoms with E-state index in [1.807, 2.05) is 0 Å². The second-order valence-electron chi connectivity index (χ2n) is 27.9. The molecule has 0 aliphatic carbocycles. The van der Waals surface area contributed by atoms with E-state index >= 15 is 0 Å². The number of nitrogens with one attached hydrogen (secondary N) is 3. The fraction of sp³-hybridized carbons (Fsp3) is 0.900. The van der Waals surface area contributed by atoms with Crippen LogP contribution in [0.2, 0.25) is 0 Å². The molecule has 0 saturated carbocycles. The number of hydrogen-bond acceptors (Lipinski definition) is 27. The van der Waals surface area contributed by atoms with Crippen LogP contribution in [0.5, 0.6) is 0 Å². The van der Waals surface area contributed by atoms with Gasteiger partial charge in [0.05, 0.1) is 69.5 Å². The number of aliphatic hydroxyl groups is 14. The molecule has 0 aromatic heterocycles. The number of carbonyl (C=O) groups excluding carboxylic acids is 3. The number of hydrogen-bond donors (Lipinski definition) is 19. The second-order valence-corrected chi connectivity index (χ2v) is 27.9. The second kappa shape index (κ2) is 47.8. The van der Waals surface area contributed by atoms with E-state index in [-0.39, 0.29) is 12.3 Å². The first kappa shape index (κ1) is 90.6. The van der Waals surface area contributed by atoms with Crippen molar-refractivity contribution in [3.63, 3.8) is 0 Å². The van der Waals surface area contributed by atoms with E-state index in [2.05, 4.69) is 41.9 Å². The highest BCUT2D eigenvalue weighted by Gasteiger charge is 2.62. The SMILES string of the molecule is CCCCCCCC/C=C\CCCCCCCC(=O)N[C@@H](CO[C@@H]1O[C@H](CO)[C@@H](O[C@@H]2O[C@H](CO)[C@H](O)[C@H](O[C@]3(C(=O)O)C[C@H](O)[C@@H](NC(C)=O)C([C@H](O)[C@@H](CO)O[C@]4(C(=O)O)C[C@H](O)[C@@H](NC(C)=O)C([C@H](O)[C@H](O)CO)O4)O3)[C@H]2O)[C@H](O)[C@H]1O)[C@H](O)CCCCCCCCCCCCCCC. The molecule has 4 fully saturated rings. The van der Waals surface area contributed by atoms with Gasteiger partial charge in [-0.1, -0.05) is 161 Å². The molecule has 32 nitrogen and oxygen atoms in total. The maximum atomic E-state index is 13.6. The standard InChI is InChI=1S/C70H125N3O29/c1-5-7-9-11-13-15-17-19-20-22-24-26-28-30-32-34-52(84)73-44(45(80)33-31-29-27-25-23-21-18-16-14-12-10-8-6-2)41-95-65-59(89)58(88)61(51(40-77)97-65)98-66-60(90)64(56(86)49(38-75)96-66)102-70(68(93)94)36-47(82)54(72-43(4)79)63(101-70)57(87)50(39-76)99-69(67(91)92)35-46(81)53(71-42(3)78)62(100-69)55(85)48(83)37-74/h19-20,44-51,53-66,74-77,80-83,85-90H,5-18,21-41H2,1-4H3,(H,71,78)(H,72,79)(H,73,84)(H,91,92)(H,93,94)/b20-19-/t44-,45+,46-,47-,48+,49+,50+,51+,53+,54+,55+,56-,57+,58+,59+,60+,61+,62?,63?,64-,65+,66-,69+,70-/m0/s1. The van der Waals surface area contributed by atoms with Crippen LogP contribution < -0.4 is 16.0 Å². The minimum atomic E-state index is -3.39. The molecule has 0 bridgehead atoms. The molecule has 0 aromatic rings. The zero-order valence-electron chi connectivity index (χ0n) is 60.1. The van der Waals surface area contributed by atoms with Crippen molar-refractivity contribution in [2.24, 2.45) is 0 Å². The summed E-state index contributed by atoms with van der Waals surface area (Å²) in [5, 5.41) is 185. The van der Waals surface area contributed by atoms with Crippen molar-refractivity contribution < 1.29 is 144 Å². The summed E-state index contributed by atoms with van der Waals surface area (Å²) in [5.41, 5.74) is 0. The van der Waals surface area contributed by atoms with Crippen LogP contribution in [0.1, 0.15) is 220 Å². The summed E-state index contributed by atoms with van der Waals surface area (Å²) in [6.45, 7) is 1.15. The number of aliphatic carboxylic acids is 2. The summed E-state index contributed by atoms with van der Waals surface area (Å²) < 4.78 is 46.5. The van der Waals surface area contributed by atoms with Gasteiger partial charge in [0.25, 0.3) is 11.6 Å². The Morgan fingerprint density at radius 3 is 1.46 bits per heavy atom. The fourth-order valence-corrected chi connectivity index (χ4v) is 13.5. The Balaban J connectivity index is 1.50. The predicted molar refractivity (Wildman–Crippen MR) is 363 cm³/mol. The van der Waals surface area contributed by atoms with E-state index < -0.39 is 216 Å². The molecule has 0 radical (unpaired) electrons. The first-order valence-corrected chi connectivity index (χ1v) is 37.2. The Kier molecular flexibility index (Phi) is 42.5. The first-order valence-electron chi connectivity index (χ1n) is 37.2. The van der Waals surface area contributed by atoms with Crippen molar-refractivity contribution in [1.82, 2.24) is 16.0 Å². The van der Waals surface area contributed by atoms with Crippen LogP contribution in [0.4, 0.5) is 0 Å². The minimum absolute atomic E-state index is 0.165. The lowest BCUT2D eigenvalue weighted by Crippen LogP contribution is -2.72. The van der Waals surface area contributed by atoms with Crippen molar-refractivity contribution in [1.29, 1.82) is 0 Å². The van der Waals surface area contributed by atoms with E-state index in [0.29, 0.717) is 19.3 Å². The van der Waals surface area contributed by atoms with Crippen LogP contribution in [0.25, 0.3) is 0 Å². The van der Waals surface area contributed by atoms with Crippen LogP contribution in [-0.4, -0.2) is 290 Å². The van der Waals surface area contributed by atoms with E-state index in [4.69, 9.17) is 37.9 Å². The smallest absolute Gasteiger partial charge is 0.364 e. The van der Waals surface area contributed by atoms with Gasteiger partial charge >= 0.3 is 11.9 Å². The Morgan fingerprint density at radius 2 is 0.980 bits per heavy atom. The Labute approximate surface area is 598 Å². The largest absolute Gasteiger partial charge is 0.477 e. The van der Waals surface area contributed by atoms with Crippen LogP contribution in [0.15, 0.2) is 12.2 Å². The third kappa shape index (κ3) is 28.4. The number of ether oxygens (including phenoxy) is 8. The van der Waals surface area contributed by atoms with Gasteiger partial charge in [0.1, 0.15) is 85.5 Å². The van der Waals surface area contributed by atoms with Gasteiger partial charge in [0, 0.05) is 33.1 Å². The number of rotatable bonds is 52. The molecular formula is C70H125N3O29. The highest BCUT2D eigenvalue weighted by molar-refractivity contribution is 5.78. The summed E-state index contributed by atoms with van der Waals surface area (Å²) in [5.74, 6) is -13.1. The number of amides is 3. The fourth-order valence-electron chi connectivity index (χ4n) is 13.5. The highest BCUT2D eigenvalue weighted by atomic mass is 16.8. The summed E-state index contributed by atoms with van der Waals surface area (Å²) in [6, 6.07) is -4.64. The summed E-state index contributed by atoms with van der Waals surface area (Å²) in [4.78, 5) is 65.0. The topological polar surface area (TPSA) is 519 Å². The number of unbranched alkanes of at least 4 members (excludes halogenated alkanes) is 23. The number of carboxylic acids is 2. The van der Waals surface area contributed by atoms with Gasteiger partial charge in [0.2, 0.25) is 17.7 Å². The first-order chi connectivity index (χ1) is 48.7. The summed E-state index contributed by atoms with van der Waals surface area (Å²) in [6.07, 6.45) is -8.79. The molecule has 4 saturated heterocycles. The van der Waals surface area contributed by atoms with Crippen molar-refractivity contribution in [3.05, 3.63) is 12.2 Å². The van der Waals surface area contributed by atoms with E-state index in [1.165, 1.54) is 83.5 Å². The van der Waals surface area contributed by atoms with Crippen molar-refractivity contribution in [3.8, 4) is 0 Å². The molecule has 3 amide bonds. The average molecular weight is 1470 g/mol. The molecule has 102 heavy (non-hydrogen) atoms. The normalized spacial score (nSPS) is 31.7.